The van der Waals surface area contributed by atoms with Gasteiger partial charge in [-0.3, -0.25) is 11.3 Å². The monoisotopic (exact) mass is 302 g/mol. The van der Waals surface area contributed by atoms with Gasteiger partial charge in [0.05, 0.1) is 6.04 Å². The van der Waals surface area contributed by atoms with Gasteiger partial charge < -0.3 is 4.74 Å². The first-order valence-electron chi connectivity index (χ1n) is 7.22. The van der Waals surface area contributed by atoms with Crippen molar-refractivity contribution in [2.45, 2.75) is 51.4 Å². The van der Waals surface area contributed by atoms with Crippen LogP contribution in [0.2, 0.25) is 0 Å². The van der Waals surface area contributed by atoms with Gasteiger partial charge in [0.25, 0.3) is 0 Å². The van der Waals surface area contributed by atoms with E-state index in [4.69, 9.17) is 5.84 Å². The molecule has 1 aromatic rings. The second-order valence-corrected chi connectivity index (χ2v) is 5.64. The molecule has 3 nitrogen and oxygen atoms in total. The van der Waals surface area contributed by atoms with Crippen LogP contribution in [0.3, 0.4) is 0 Å². The van der Waals surface area contributed by atoms with Crippen molar-refractivity contribution in [3.05, 3.63) is 29.8 Å². The summed E-state index contributed by atoms with van der Waals surface area (Å²) < 4.78 is 41.0. The molecular formula is C15H21F3N2O. The molecule has 0 heterocycles. The average Bonchev–Trinajstić information content (AvgIpc) is 2.88. The van der Waals surface area contributed by atoms with Gasteiger partial charge in [-0.05, 0) is 42.4 Å². The fourth-order valence-corrected chi connectivity index (χ4v) is 3.44. The second-order valence-electron chi connectivity index (χ2n) is 5.64. The molecule has 1 fully saturated rings. The Labute approximate surface area is 122 Å². The molecule has 1 saturated carbocycles. The van der Waals surface area contributed by atoms with Crippen LogP contribution in [0.5, 0.6) is 5.75 Å². The number of rotatable bonds is 5. The Kier molecular flexibility index (Phi) is 4.78. The summed E-state index contributed by atoms with van der Waals surface area (Å²) in [6.07, 6.45) is 0.577. The molecule has 21 heavy (non-hydrogen) atoms. The van der Waals surface area contributed by atoms with Crippen LogP contribution in [0, 0.1) is 5.41 Å². The maximum Gasteiger partial charge on any atom is 0.573 e. The van der Waals surface area contributed by atoms with Crippen molar-refractivity contribution < 1.29 is 17.9 Å². The zero-order valence-corrected chi connectivity index (χ0v) is 12.0. The first-order valence-corrected chi connectivity index (χ1v) is 7.22. The van der Waals surface area contributed by atoms with E-state index in [0.717, 1.165) is 37.7 Å². The van der Waals surface area contributed by atoms with Gasteiger partial charge in [0.15, 0.2) is 0 Å². The van der Waals surface area contributed by atoms with Crippen LogP contribution in [0.4, 0.5) is 13.2 Å². The number of ether oxygens (including phenoxy) is 1. The van der Waals surface area contributed by atoms with Crippen LogP contribution in [0.15, 0.2) is 24.3 Å². The maximum absolute atomic E-state index is 12.3. The van der Waals surface area contributed by atoms with E-state index in [1.165, 1.54) is 12.1 Å². The van der Waals surface area contributed by atoms with Gasteiger partial charge in [-0.15, -0.1) is 13.2 Å². The number of nitrogens with one attached hydrogen (secondary N) is 1. The highest BCUT2D eigenvalue weighted by molar-refractivity contribution is 5.32. The molecule has 1 atom stereocenters. The molecule has 1 aromatic carbocycles. The number of alkyl halides is 3. The maximum atomic E-state index is 12.3. The zero-order chi connectivity index (χ0) is 15.5. The third-order valence-corrected chi connectivity index (χ3v) is 4.51. The van der Waals surface area contributed by atoms with Crippen molar-refractivity contribution >= 4 is 0 Å². The minimum atomic E-state index is -4.68. The van der Waals surface area contributed by atoms with E-state index in [1.54, 1.807) is 12.1 Å². The molecule has 0 saturated heterocycles. The molecule has 118 valence electrons. The Morgan fingerprint density at radius 1 is 1.33 bits per heavy atom. The summed E-state index contributed by atoms with van der Waals surface area (Å²) in [7, 11) is 0. The van der Waals surface area contributed by atoms with E-state index in [1.807, 2.05) is 0 Å². The Hall–Kier alpha value is -1.27. The van der Waals surface area contributed by atoms with Gasteiger partial charge >= 0.3 is 6.36 Å². The quantitative estimate of drug-likeness (QED) is 0.637. The molecule has 1 aliphatic rings. The molecule has 1 unspecified atom stereocenters. The molecule has 0 radical (unpaired) electrons. The molecule has 6 heteroatoms. The lowest BCUT2D eigenvalue weighted by Gasteiger charge is -2.37. The van der Waals surface area contributed by atoms with E-state index < -0.39 is 6.36 Å². The Balaban J connectivity index is 2.28. The molecule has 0 spiro atoms. The highest BCUT2D eigenvalue weighted by Gasteiger charge is 2.40. The van der Waals surface area contributed by atoms with Crippen molar-refractivity contribution in [3.63, 3.8) is 0 Å². The third kappa shape index (κ3) is 3.68. The molecule has 3 N–H and O–H groups in total. The molecule has 2 rings (SSSR count). The number of benzene rings is 1. The summed E-state index contributed by atoms with van der Waals surface area (Å²) in [5.74, 6) is 5.51. The predicted octanol–water partition coefficient (Wildman–Crippen LogP) is 4.06. The van der Waals surface area contributed by atoms with Gasteiger partial charge in [0.2, 0.25) is 0 Å². The van der Waals surface area contributed by atoms with Crippen LogP contribution in [-0.4, -0.2) is 6.36 Å². The number of halogens is 3. The van der Waals surface area contributed by atoms with Crippen molar-refractivity contribution in [1.82, 2.24) is 5.43 Å². The summed E-state index contributed by atoms with van der Waals surface area (Å²) in [5.41, 5.74) is 3.55. The average molecular weight is 302 g/mol. The minimum absolute atomic E-state index is 0.00556. The Bertz CT molecular complexity index is 470. The fraction of sp³-hybridized carbons (Fsp3) is 0.600. The predicted molar refractivity (Wildman–Crippen MR) is 74.4 cm³/mol. The van der Waals surface area contributed by atoms with E-state index in [-0.39, 0.29) is 17.2 Å². The van der Waals surface area contributed by atoms with E-state index >= 15 is 0 Å². The fourth-order valence-electron chi connectivity index (χ4n) is 3.44. The van der Waals surface area contributed by atoms with E-state index in [0.29, 0.717) is 0 Å². The number of hydrogen-bond acceptors (Lipinski definition) is 3. The largest absolute Gasteiger partial charge is 0.573 e. The SMILES string of the molecule is CCC1(C(NN)c2cccc(OC(F)(F)F)c2)CCCC1. The van der Waals surface area contributed by atoms with Gasteiger partial charge in [0, 0.05) is 0 Å². The zero-order valence-electron chi connectivity index (χ0n) is 12.0. The highest BCUT2D eigenvalue weighted by Crippen LogP contribution is 2.50. The lowest BCUT2D eigenvalue weighted by Crippen LogP contribution is -2.40. The number of hydrogen-bond donors (Lipinski definition) is 2. The summed E-state index contributed by atoms with van der Waals surface area (Å²) >= 11 is 0. The number of nitrogens with two attached hydrogens (primary N) is 1. The smallest absolute Gasteiger partial charge is 0.406 e. The van der Waals surface area contributed by atoms with Gasteiger partial charge in [-0.1, -0.05) is 31.9 Å². The molecular weight excluding hydrogens is 281 g/mol. The Morgan fingerprint density at radius 3 is 2.52 bits per heavy atom. The van der Waals surface area contributed by atoms with Crippen molar-refractivity contribution in [1.29, 1.82) is 0 Å². The van der Waals surface area contributed by atoms with E-state index in [9.17, 15) is 13.2 Å². The minimum Gasteiger partial charge on any atom is -0.406 e. The second kappa shape index (κ2) is 6.23. The van der Waals surface area contributed by atoms with Gasteiger partial charge in [-0.25, -0.2) is 0 Å². The molecule has 0 bridgehead atoms. The third-order valence-electron chi connectivity index (χ3n) is 4.51. The standard InChI is InChI=1S/C15H21F3N2O/c1-2-14(8-3-4-9-14)13(20-19)11-6-5-7-12(10-11)21-15(16,17)18/h5-7,10,13,20H,2-4,8-9,19H2,1H3. The number of hydrazine groups is 1. The van der Waals surface area contributed by atoms with Crippen LogP contribution in [0.25, 0.3) is 0 Å². The van der Waals surface area contributed by atoms with Crippen molar-refractivity contribution in [2.75, 3.05) is 0 Å². The van der Waals surface area contributed by atoms with Crippen LogP contribution < -0.4 is 16.0 Å². The summed E-state index contributed by atoms with van der Waals surface area (Å²) in [6, 6.07) is 5.93. The molecule has 0 aromatic heterocycles. The van der Waals surface area contributed by atoms with Gasteiger partial charge in [0.1, 0.15) is 5.75 Å². The lowest BCUT2D eigenvalue weighted by molar-refractivity contribution is -0.274. The first kappa shape index (κ1) is 16.1. The topological polar surface area (TPSA) is 47.3 Å². The normalized spacial score (nSPS) is 19.5. The molecule has 1 aliphatic carbocycles. The van der Waals surface area contributed by atoms with Crippen LogP contribution >= 0.6 is 0 Å². The first-order chi connectivity index (χ1) is 9.90. The van der Waals surface area contributed by atoms with Crippen molar-refractivity contribution in [2.24, 2.45) is 11.3 Å². The highest BCUT2D eigenvalue weighted by atomic mass is 19.4. The molecule has 0 aliphatic heterocycles. The Morgan fingerprint density at radius 2 is 2.00 bits per heavy atom. The van der Waals surface area contributed by atoms with Gasteiger partial charge in [-0.2, -0.15) is 0 Å². The van der Waals surface area contributed by atoms with Crippen LogP contribution in [0.1, 0.15) is 50.6 Å². The summed E-state index contributed by atoms with van der Waals surface area (Å²) in [4.78, 5) is 0. The van der Waals surface area contributed by atoms with E-state index in [2.05, 4.69) is 17.1 Å². The summed E-state index contributed by atoms with van der Waals surface area (Å²) in [6.45, 7) is 2.10. The lowest BCUT2D eigenvalue weighted by atomic mass is 9.73. The molecule has 0 amide bonds. The summed E-state index contributed by atoms with van der Waals surface area (Å²) in [5, 5.41) is 0. The van der Waals surface area contributed by atoms with Crippen LogP contribution in [-0.2, 0) is 0 Å². The van der Waals surface area contributed by atoms with Crippen molar-refractivity contribution in [3.8, 4) is 5.75 Å².